The molecule has 3 rings (SSSR count). The molecule has 114 valence electrons. The van der Waals surface area contributed by atoms with Crippen LogP contribution in [0.3, 0.4) is 0 Å². The van der Waals surface area contributed by atoms with Crippen LogP contribution in [0, 0.1) is 5.92 Å². The molecule has 2 aliphatic heterocycles. The summed E-state index contributed by atoms with van der Waals surface area (Å²) < 4.78 is 11.6. The Hall–Kier alpha value is -0.610. The van der Waals surface area contributed by atoms with Gasteiger partial charge in [-0.2, -0.15) is 0 Å². The van der Waals surface area contributed by atoms with Crippen molar-refractivity contribution in [2.24, 2.45) is 5.92 Å². The van der Waals surface area contributed by atoms with Gasteiger partial charge in [0.15, 0.2) is 5.79 Å². The number of nitrogens with zero attached hydrogens (tertiary/aromatic N) is 1. The van der Waals surface area contributed by atoms with E-state index in [1.807, 2.05) is 4.90 Å². The van der Waals surface area contributed by atoms with E-state index in [9.17, 15) is 4.79 Å². The summed E-state index contributed by atoms with van der Waals surface area (Å²) in [6, 6.07) is 0. The zero-order valence-electron chi connectivity index (χ0n) is 12.4. The van der Waals surface area contributed by atoms with E-state index >= 15 is 0 Å². The van der Waals surface area contributed by atoms with Crippen LogP contribution < -0.4 is 0 Å². The van der Waals surface area contributed by atoms with Crippen LogP contribution in [0.1, 0.15) is 57.8 Å². The van der Waals surface area contributed by atoms with Crippen LogP contribution in [0.4, 0.5) is 0 Å². The highest BCUT2D eigenvalue weighted by molar-refractivity contribution is 5.79. The van der Waals surface area contributed by atoms with Gasteiger partial charge in [0, 0.05) is 18.9 Å². The highest BCUT2D eigenvalue weighted by Crippen LogP contribution is 2.32. The molecule has 0 radical (unpaired) electrons. The molecule has 4 heteroatoms. The maximum absolute atomic E-state index is 12.8. The molecule has 1 aliphatic carbocycles. The van der Waals surface area contributed by atoms with Gasteiger partial charge in [0.1, 0.15) is 0 Å². The average Bonchev–Trinajstić information content (AvgIpc) is 2.86. The van der Waals surface area contributed by atoms with E-state index in [1.54, 1.807) is 0 Å². The van der Waals surface area contributed by atoms with E-state index in [4.69, 9.17) is 9.47 Å². The second-order valence-corrected chi connectivity index (χ2v) is 6.51. The predicted octanol–water partition coefficient (Wildman–Crippen LogP) is 2.71. The van der Waals surface area contributed by atoms with Crippen molar-refractivity contribution in [2.75, 3.05) is 26.3 Å². The van der Waals surface area contributed by atoms with Gasteiger partial charge in [-0.1, -0.05) is 32.1 Å². The Bertz CT molecular complexity index is 331. The first-order valence-electron chi connectivity index (χ1n) is 8.36. The molecule has 0 atom stereocenters. The Balaban J connectivity index is 1.60. The average molecular weight is 281 g/mol. The lowest BCUT2D eigenvalue weighted by Gasteiger charge is -2.40. The van der Waals surface area contributed by atoms with Gasteiger partial charge in [0.2, 0.25) is 5.91 Å². The van der Waals surface area contributed by atoms with Crippen LogP contribution in [-0.4, -0.2) is 42.9 Å². The molecule has 20 heavy (non-hydrogen) atoms. The quantitative estimate of drug-likeness (QED) is 0.742. The maximum atomic E-state index is 12.8. The number of ether oxygens (including phenoxy) is 2. The van der Waals surface area contributed by atoms with Gasteiger partial charge >= 0.3 is 0 Å². The Labute approximate surface area is 121 Å². The topological polar surface area (TPSA) is 38.8 Å². The van der Waals surface area contributed by atoms with E-state index in [2.05, 4.69) is 0 Å². The molecule has 0 aromatic rings. The second kappa shape index (κ2) is 6.44. The van der Waals surface area contributed by atoms with Gasteiger partial charge in [-0.15, -0.1) is 0 Å². The van der Waals surface area contributed by atoms with Crippen LogP contribution >= 0.6 is 0 Å². The molecule has 0 unspecified atom stereocenters. The molecule has 4 nitrogen and oxygen atoms in total. The number of likely N-dealkylation sites (tertiary alicyclic amines) is 1. The number of carbonyl (C=O) groups excluding carboxylic acids is 1. The normalized spacial score (nSPS) is 28.3. The summed E-state index contributed by atoms with van der Waals surface area (Å²) in [5.41, 5.74) is 0. The van der Waals surface area contributed by atoms with Gasteiger partial charge in [-0.3, -0.25) is 4.79 Å². The molecule has 1 spiro atoms. The highest BCUT2D eigenvalue weighted by atomic mass is 16.7. The number of amides is 1. The lowest BCUT2D eigenvalue weighted by molar-refractivity contribution is -0.194. The van der Waals surface area contributed by atoms with E-state index in [0.29, 0.717) is 25.7 Å². The van der Waals surface area contributed by atoms with E-state index < -0.39 is 5.79 Å². The first-order valence-corrected chi connectivity index (χ1v) is 8.36. The Morgan fingerprint density at radius 2 is 1.60 bits per heavy atom. The summed E-state index contributed by atoms with van der Waals surface area (Å²) in [5.74, 6) is 0.118. The molecule has 0 bridgehead atoms. The third-order valence-corrected chi connectivity index (χ3v) is 5.00. The zero-order valence-corrected chi connectivity index (χ0v) is 12.4. The minimum absolute atomic E-state index is 0.242. The van der Waals surface area contributed by atoms with Crippen molar-refractivity contribution in [3.05, 3.63) is 0 Å². The van der Waals surface area contributed by atoms with E-state index in [1.165, 1.54) is 32.1 Å². The van der Waals surface area contributed by atoms with Gasteiger partial charge in [-0.05, 0) is 19.3 Å². The third-order valence-electron chi connectivity index (χ3n) is 5.00. The van der Waals surface area contributed by atoms with Crippen molar-refractivity contribution in [1.29, 1.82) is 0 Å². The summed E-state index contributed by atoms with van der Waals surface area (Å²) in [4.78, 5) is 14.8. The largest absolute Gasteiger partial charge is 0.346 e. The Morgan fingerprint density at radius 3 is 2.30 bits per heavy atom. The zero-order chi connectivity index (χ0) is 13.8. The van der Waals surface area contributed by atoms with Gasteiger partial charge in [0.25, 0.3) is 0 Å². The first kappa shape index (κ1) is 14.3. The minimum atomic E-state index is -0.477. The minimum Gasteiger partial charge on any atom is -0.346 e. The van der Waals surface area contributed by atoms with Gasteiger partial charge in [0.05, 0.1) is 19.8 Å². The lowest BCUT2D eigenvalue weighted by atomic mass is 9.89. The molecule has 3 aliphatic rings. The maximum Gasteiger partial charge on any atom is 0.225 e. The molecular formula is C16H27NO3. The third kappa shape index (κ3) is 3.17. The molecule has 1 saturated carbocycles. The van der Waals surface area contributed by atoms with Crippen LogP contribution in [0.2, 0.25) is 0 Å². The van der Waals surface area contributed by atoms with Crippen LogP contribution in [0.5, 0.6) is 0 Å². The summed E-state index contributed by atoms with van der Waals surface area (Å²) >= 11 is 0. The van der Waals surface area contributed by atoms with Crippen molar-refractivity contribution < 1.29 is 14.3 Å². The monoisotopic (exact) mass is 281 g/mol. The standard InChI is InChI=1S/C16H27NO3/c18-15(14-7-4-2-1-3-5-8-14)17-10-6-9-16(13-17)19-11-12-20-16/h14H,1-13H2. The predicted molar refractivity (Wildman–Crippen MR) is 76.3 cm³/mol. The van der Waals surface area contributed by atoms with Gasteiger partial charge < -0.3 is 14.4 Å². The summed E-state index contributed by atoms with van der Waals surface area (Å²) in [7, 11) is 0. The molecule has 1 amide bonds. The Morgan fingerprint density at radius 1 is 0.950 bits per heavy atom. The highest BCUT2D eigenvalue weighted by Gasteiger charge is 2.42. The number of hydrogen-bond donors (Lipinski definition) is 0. The second-order valence-electron chi connectivity index (χ2n) is 6.51. The fourth-order valence-electron chi connectivity index (χ4n) is 3.87. The summed E-state index contributed by atoms with van der Waals surface area (Å²) in [5, 5.41) is 0. The smallest absolute Gasteiger partial charge is 0.225 e. The number of piperidine rings is 1. The number of rotatable bonds is 1. The van der Waals surface area contributed by atoms with E-state index in [0.717, 1.165) is 32.2 Å². The number of carbonyl (C=O) groups is 1. The molecular weight excluding hydrogens is 254 g/mol. The lowest BCUT2D eigenvalue weighted by Crippen LogP contribution is -2.52. The summed E-state index contributed by atoms with van der Waals surface area (Å²) in [6.07, 6.45) is 10.4. The van der Waals surface area contributed by atoms with Crippen molar-refractivity contribution in [2.45, 2.75) is 63.6 Å². The van der Waals surface area contributed by atoms with E-state index in [-0.39, 0.29) is 5.92 Å². The summed E-state index contributed by atoms with van der Waals surface area (Å²) in [6.45, 7) is 2.86. The fourth-order valence-corrected chi connectivity index (χ4v) is 3.87. The first-order chi connectivity index (χ1) is 9.79. The van der Waals surface area contributed by atoms with Gasteiger partial charge in [-0.25, -0.2) is 0 Å². The Kier molecular flexibility index (Phi) is 4.61. The molecule has 0 aromatic carbocycles. The molecule has 2 heterocycles. The van der Waals surface area contributed by atoms with Crippen molar-refractivity contribution in [3.63, 3.8) is 0 Å². The molecule has 0 N–H and O–H groups in total. The van der Waals surface area contributed by atoms with Crippen molar-refractivity contribution >= 4 is 5.91 Å². The fraction of sp³-hybridized carbons (Fsp3) is 0.938. The molecule has 0 aromatic heterocycles. The van der Waals surface area contributed by atoms with Crippen LogP contribution in [-0.2, 0) is 14.3 Å². The molecule has 2 saturated heterocycles. The van der Waals surface area contributed by atoms with Crippen LogP contribution in [0.15, 0.2) is 0 Å². The number of hydrogen-bond acceptors (Lipinski definition) is 3. The SMILES string of the molecule is O=C(C1CCCCCCC1)N1CCCC2(C1)OCCO2. The molecule has 3 fully saturated rings. The van der Waals surface area contributed by atoms with Crippen molar-refractivity contribution in [1.82, 2.24) is 4.90 Å². The van der Waals surface area contributed by atoms with Crippen molar-refractivity contribution in [3.8, 4) is 0 Å². The van der Waals surface area contributed by atoms with Crippen LogP contribution in [0.25, 0.3) is 0 Å².